The number of nitrogens with one attached hydrogen (secondary N) is 2. The third kappa shape index (κ3) is 9.59. The van der Waals surface area contributed by atoms with Crippen molar-refractivity contribution in [2.24, 2.45) is 11.8 Å². The number of hydrogen-bond donors (Lipinski definition) is 2. The molecule has 0 bridgehead atoms. The van der Waals surface area contributed by atoms with E-state index >= 15 is 9.18 Å². The minimum Gasteiger partial charge on any atom is -0.357 e. The SMILES string of the molecule is CC(C)n1cnc2cc(-c3ccc4c(c3)N([C@H]3C[C@@H](N5CCCCC5)C3)C(=O)C43CCN(C(=O)C4CCN(CCC5CCN(c6ccc(C7CCC(=O)NC7=O)cn6)CC5)CC4)CC3)nc(Nc3ccccc3F)c21. The number of piperidine rings is 5. The van der Waals surface area contributed by atoms with Crippen molar-refractivity contribution in [3.05, 3.63) is 90.1 Å². The average Bonchev–Trinajstić information content (AvgIpc) is 4.02. The van der Waals surface area contributed by atoms with Gasteiger partial charge in [0, 0.05) is 74.1 Å². The second-order valence-electron chi connectivity index (χ2n) is 23.1. The van der Waals surface area contributed by atoms with Gasteiger partial charge in [-0.1, -0.05) is 36.8 Å². The van der Waals surface area contributed by atoms with Crippen LogP contribution >= 0.6 is 0 Å². The van der Waals surface area contributed by atoms with Crippen LogP contribution in [0.4, 0.5) is 27.4 Å². The smallest absolute Gasteiger partial charge is 0.238 e. The van der Waals surface area contributed by atoms with Crippen LogP contribution in [0.2, 0.25) is 0 Å². The summed E-state index contributed by atoms with van der Waals surface area (Å²) >= 11 is 0. The Labute approximate surface area is 439 Å². The van der Waals surface area contributed by atoms with Crippen LogP contribution in [0.15, 0.2) is 73.2 Å². The number of carbonyl (C=O) groups is 4. The van der Waals surface area contributed by atoms with Crippen molar-refractivity contribution in [3.8, 4) is 11.3 Å². The number of aromatic nitrogens is 4. The lowest BCUT2D eigenvalue weighted by Gasteiger charge is -2.48. The maximum Gasteiger partial charge on any atom is 0.238 e. The topological polar surface area (TPSA) is 152 Å². The van der Waals surface area contributed by atoms with Crippen molar-refractivity contribution >= 4 is 57.7 Å². The molecule has 4 amide bonds. The minimum atomic E-state index is -0.690. The van der Waals surface area contributed by atoms with Crippen LogP contribution in [0.25, 0.3) is 22.3 Å². The Balaban J connectivity index is 0.689. The van der Waals surface area contributed by atoms with Gasteiger partial charge in [0.25, 0.3) is 0 Å². The van der Waals surface area contributed by atoms with Gasteiger partial charge in [-0.2, -0.15) is 0 Å². The number of likely N-dealkylation sites (tertiary alicyclic amines) is 3. The van der Waals surface area contributed by atoms with Gasteiger partial charge in [0.1, 0.15) is 17.2 Å². The van der Waals surface area contributed by atoms with E-state index in [1.165, 1.54) is 25.3 Å². The largest absolute Gasteiger partial charge is 0.357 e. The number of halogens is 1. The Hall–Kier alpha value is -6.26. The van der Waals surface area contributed by atoms with E-state index in [0.29, 0.717) is 67.9 Å². The van der Waals surface area contributed by atoms with E-state index in [4.69, 9.17) is 15.0 Å². The number of benzene rings is 2. The van der Waals surface area contributed by atoms with Crippen LogP contribution in [-0.4, -0.2) is 129 Å². The van der Waals surface area contributed by atoms with Crippen molar-refractivity contribution < 1.29 is 23.6 Å². The van der Waals surface area contributed by atoms with E-state index in [0.717, 1.165) is 130 Å². The highest BCUT2D eigenvalue weighted by Gasteiger charge is 2.56. The maximum atomic E-state index is 15.3. The van der Waals surface area contributed by atoms with E-state index in [9.17, 15) is 14.4 Å². The number of anilines is 4. The van der Waals surface area contributed by atoms with E-state index < -0.39 is 5.41 Å². The van der Waals surface area contributed by atoms with Gasteiger partial charge in [-0.05, 0) is 171 Å². The van der Waals surface area contributed by atoms with Crippen molar-refractivity contribution in [2.45, 2.75) is 133 Å². The summed E-state index contributed by atoms with van der Waals surface area (Å²) in [6.45, 7) is 12.4. The van der Waals surface area contributed by atoms with Crippen LogP contribution in [-0.2, 0) is 24.6 Å². The summed E-state index contributed by atoms with van der Waals surface area (Å²) in [6, 6.07) is 19.8. The Bertz CT molecular complexity index is 2940. The highest BCUT2D eigenvalue weighted by Crippen LogP contribution is 2.52. The Morgan fingerprint density at radius 3 is 2.33 bits per heavy atom. The zero-order chi connectivity index (χ0) is 51.4. The van der Waals surface area contributed by atoms with Gasteiger partial charge < -0.3 is 34.4 Å². The van der Waals surface area contributed by atoms with Gasteiger partial charge in [0.05, 0.1) is 34.6 Å². The molecular weight excluding hydrogens is 946 g/mol. The number of nitrogens with zero attached hydrogens (tertiary/aromatic N) is 9. The molecule has 2 N–H and O–H groups in total. The summed E-state index contributed by atoms with van der Waals surface area (Å²) in [7, 11) is 0. The molecule has 0 radical (unpaired) electrons. The summed E-state index contributed by atoms with van der Waals surface area (Å²) in [5.74, 6) is 1.44. The molecule has 2 aromatic carbocycles. The monoisotopic (exact) mass is 1020 g/mol. The zero-order valence-electron chi connectivity index (χ0n) is 43.7. The van der Waals surface area contributed by atoms with Crippen LogP contribution in [0, 0.1) is 17.7 Å². The maximum absolute atomic E-state index is 15.3. The lowest BCUT2D eigenvalue weighted by atomic mass is 9.73. The molecule has 1 unspecified atom stereocenters. The number of para-hydroxylation sites is 1. The average molecular weight is 1020 g/mol. The first-order valence-electron chi connectivity index (χ1n) is 28.2. The molecule has 15 nitrogen and oxygen atoms in total. The number of imide groups is 1. The number of rotatable bonds is 12. The molecule has 1 atom stereocenters. The van der Waals surface area contributed by atoms with Crippen LogP contribution in [0.5, 0.6) is 0 Å². The third-order valence-electron chi connectivity index (χ3n) is 18.4. The van der Waals surface area contributed by atoms with Gasteiger partial charge in [-0.3, -0.25) is 24.5 Å². The molecule has 16 heteroatoms. The molecule has 5 aromatic rings. The normalized spacial score (nSPS) is 24.0. The predicted molar refractivity (Wildman–Crippen MR) is 288 cm³/mol. The summed E-state index contributed by atoms with van der Waals surface area (Å²) < 4.78 is 17.2. The lowest BCUT2D eigenvalue weighted by molar-refractivity contribution is -0.140. The van der Waals surface area contributed by atoms with Crippen LogP contribution in [0.3, 0.4) is 0 Å². The van der Waals surface area contributed by atoms with Crippen molar-refractivity contribution in [1.82, 2.24) is 39.5 Å². The fourth-order valence-electron chi connectivity index (χ4n) is 13.7. The molecule has 6 fully saturated rings. The Kier molecular flexibility index (Phi) is 13.7. The van der Waals surface area contributed by atoms with Gasteiger partial charge in [0.15, 0.2) is 5.82 Å². The fourth-order valence-corrected chi connectivity index (χ4v) is 13.7. The van der Waals surface area contributed by atoms with Gasteiger partial charge in [-0.25, -0.2) is 19.3 Å². The highest BCUT2D eigenvalue weighted by molar-refractivity contribution is 6.09. The third-order valence-corrected chi connectivity index (χ3v) is 18.4. The fraction of sp³-hybridized carbons (Fsp3) is 0.542. The molecule has 7 aliphatic rings. The second-order valence-corrected chi connectivity index (χ2v) is 23.1. The molecule has 1 aliphatic carbocycles. The molecular formula is C59H72FN11O4. The standard InChI is InChI=1S/C59H72FN11O4/c1-38(2)70-37-62-50-35-49(64-55(54(50)70)63-48-9-5-4-8-47(48)60)41-10-13-46-51(32-41)71(44-33-43(34-44)67-23-6-3-7-24-67)58(75)59(46)21-30-69(31-22-59)57(74)40-19-26-66(27-20-40)25-16-39-17-28-68(29-18-39)52-14-11-42(36-61-52)45-12-15-53(72)65-56(45)73/h4-5,8-11,13-14,32,35-40,43-45H,3,6-7,12,15-31,33-34H2,1-2H3,(H,63,64)(H,65,72,73)/t43-,44+,45?. The molecule has 1 saturated carbocycles. The highest BCUT2D eigenvalue weighted by atomic mass is 19.1. The van der Waals surface area contributed by atoms with Gasteiger partial charge in [-0.15, -0.1) is 0 Å². The van der Waals surface area contributed by atoms with Gasteiger partial charge >= 0.3 is 0 Å². The number of carbonyl (C=O) groups excluding carboxylic acids is 4. The van der Waals surface area contributed by atoms with Crippen molar-refractivity contribution in [3.63, 3.8) is 0 Å². The van der Waals surface area contributed by atoms with E-state index in [1.54, 1.807) is 24.4 Å². The first-order chi connectivity index (χ1) is 36.5. The quantitative estimate of drug-likeness (QED) is 0.116. The lowest BCUT2D eigenvalue weighted by Crippen LogP contribution is -2.58. The zero-order valence-corrected chi connectivity index (χ0v) is 43.7. The first-order valence-corrected chi connectivity index (χ1v) is 28.2. The van der Waals surface area contributed by atoms with Crippen LogP contribution < -0.4 is 20.4 Å². The second kappa shape index (κ2) is 20.7. The number of fused-ring (bicyclic) bond motifs is 3. The van der Waals surface area contributed by atoms with Crippen molar-refractivity contribution in [2.75, 3.05) is 74.0 Å². The number of hydrogen-bond acceptors (Lipinski definition) is 11. The molecule has 1 spiro atoms. The van der Waals surface area contributed by atoms with Gasteiger partial charge in [0.2, 0.25) is 23.6 Å². The Morgan fingerprint density at radius 2 is 1.61 bits per heavy atom. The molecule has 5 saturated heterocycles. The molecule has 75 heavy (non-hydrogen) atoms. The molecule has 9 heterocycles. The molecule has 12 rings (SSSR count). The van der Waals surface area contributed by atoms with Crippen LogP contribution in [0.1, 0.15) is 127 Å². The Morgan fingerprint density at radius 1 is 0.840 bits per heavy atom. The van der Waals surface area contributed by atoms with E-state index in [2.05, 4.69) is 71.7 Å². The summed E-state index contributed by atoms with van der Waals surface area (Å²) in [5.41, 5.74) is 5.67. The summed E-state index contributed by atoms with van der Waals surface area (Å²) in [4.78, 5) is 80.0. The molecule has 6 aliphatic heterocycles. The summed E-state index contributed by atoms with van der Waals surface area (Å²) in [6.07, 6.45) is 16.5. The number of amides is 4. The molecule has 394 valence electrons. The summed E-state index contributed by atoms with van der Waals surface area (Å²) in [5, 5.41) is 5.75. The molecule has 3 aromatic heterocycles. The minimum absolute atomic E-state index is 0.00859. The van der Waals surface area contributed by atoms with E-state index in [1.807, 2.05) is 24.5 Å². The van der Waals surface area contributed by atoms with E-state index in [-0.39, 0.29) is 53.4 Å². The number of imidazole rings is 1. The predicted octanol–water partition coefficient (Wildman–Crippen LogP) is 8.72. The van der Waals surface area contributed by atoms with Crippen molar-refractivity contribution in [1.29, 1.82) is 0 Å². The number of pyridine rings is 2. The first kappa shape index (κ1) is 49.6.